The number of hydrogen-bond donors (Lipinski definition) is 2. The van der Waals surface area contributed by atoms with E-state index in [1.807, 2.05) is 6.92 Å². The second-order valence-electron chi connectivity index (χ2n) is 4.01. The van der Waals surface area contributed by atoms with E-state index < -0.39 is 0 Å². The predicted molar refractivity (Wildman–Crippen MR) is 71.0 cm³/mol. The van der Waals surface area contributed by atoms with Crippen LogP contribution in [0.1, 0.15) is 43.5 Å². The fraction of sp³-hybridized carbons (Fsp3) is 0.385. The largest absolute Gasteiger partial charge is 0.399 e. The predicted octanol–water partition coefficient (Wildman–Crippen LogP) is 2.56. The molecular formula is C13H19N3O. The Morgan fingerprint density at radius 1 is 1.35 bits per heavy atom. The Labute approximate surface area is 102 Å². The molecule has 0 saturated heterocycles. The number of nitrogen functional groups attached to an aromatic ring is 1. The van der Waals surface area contributed by atoms with Crippen molar-refractivity contribution in [2.45, 2.75) is 33.1 Å². The quantitative estimate of drug-likeness (QED) is 0.466. The standard InChI is InChI=1S/C13H19N3O/c1-3-4-5-10(2)15-16-13(17)11-6-8-12(14)9-7-11/h6-9H,3-5,14H2,1-2H3,(H,16,17)/b15-10-. The third kappa shape index (κ3) is 4.68. The summed E-state index contributed by atoms with van der Waals surface area (Å²) < 4.78 is 0. The van der Waals surface area contributed by atoms with E-state index in [9.17, 15) is 4.79 Å². The van der Waals surface area contributed by atoms with E-state index in [1.54, 1.807) is 24.3 Å². The molecule has 1 amide bonds. The van der Waals surface area contributed by atoms with Crippen molar-refractivity contribution in [2.75, 3.05) is 5.73 Å². The third-order valence-electron chi connectivity index (χ3n) is 2.41. The molecular weight excluding hydrogens is 214 g/mol. The van der Waals surface area contributed by atoms with Crippen molar-refractivity contribution in [3.63, 3.8) is 0 Å². The molecule has 0 aliphatic carbocycles. The van der Waals surface area contributed by atoms with Crippen LogP contribution in [0.3, 0.4) is 0 Å². The van der Waals surface area contributed by atoms with Crippen LogP contribution in [-0.4, -0.2) is 11.6 Å². The van der Waals surface area contributed by atoms with Crippen LogP contribution in [0.25, 0.3) is 0 Å². The number of hydrogen-bond acceptors (Lipinski definition) is 3. The highest BCUT2D eigenvalue weighted by Gasteiger charge is 2.03. The summed E-state index contributed by atoms with van der Waals surface area (Å²) in [6.45, 7) is 4.04. The molecule has 4 nitrogen and oxygen atoms in total. The molecule has 1 aromatic carbocycles. The van der Waals surface area contributed by atoms with E-state index in [2.05, 4.69) is 17.5 Å². The molecule has 0 radical (unpaired) electrons. The molecule has 0 spiro atoms. The Morgan fingerprint density at radius 2 is 2.00 bits per heavy atom. The average Bonchev–Trinajstić information content (AvgIpc) is 2.34. The SMILES string of the molecule is CCCC/C(C)=N\NC(=O)c1ccc(N)cc1. The van der Waals surface area contributed by atoms with Crippen LogP contribution in [0.15, 0.2) is 29.4 Å². The number of unbranched alkanes of at least 4 members (excludes halogenated alkanes) is 1. The first-order valence-corrected chi connectivity index (χ1v) is 5.82. The first-order valence-electron chi connectivity index (χ1n) is 5.82. The Hall–Kier alpha value is -1.84. The maximum atomic E-state index is 11.7. The van der Waals surface area contributed by atoms with Gasteiger partial charge < -0.3 is 5.73 Å². The maximum Gasteiger partial charge on any atom is 0.271 e. The molecule has 3 N–H and O–H groups in total. The lowest BCUT2D eigenvalue weighted by atomic mass is 10.2. The highest BCUT2D eigenvalue weighted by Crippen LogP contribution is 2.05. The Kier molecular flexibility index (Phi) is 5.20. The van der Waals surface area contributed by atoms with Gasteiger partial charge in [0, 0.05) is 17.0 Å². The zero-order valence-corrected chi connectivity index (χ0v) is 10.4. The minimum Gasteiger partial charge on any atom is -0.399 e. The first-order chi connectivity index (χ1) is 8.13. The number of rotatable bonds is 5. The molecule has 0 heterocycles. The third-order valence-corrected chi connectivity index (χ3v) is 2.41. The smallest absolute Gasteiger partial charge is 0.271 e. The lowest BCUT2D eigenvalue weighted by Crippen LogP contribution is -2.19. The molecule has 1 rings (SSSR count). The summed E-state index contributed by atoms with van der Waals surface area (Å²) in [5.41, 5.74) is 10.2. The summed E-state index contributed by atoms with van der Waals surface area (Å²) >= 11 is 0. The molecule has 0 atom stereocenters. The molecule has 0 unspecified atom stereocenters. The topological polar surface area (TPSA) is 67.5 Å². The van der Waals surface area contributed by atoms with Crippen molar-refractivity contribution >= 4 is 17.3 Å². The van der Waals surface area contributed by atoms with Gasteiger partial charge >= 0.3 is 0 Å². The number of nitrogens with zero attached hydrogens (tertiary/aromatic N) is 1. The van der Waals surface area contributed by atoms with E-state index in [1.165, 1.54) is 0 Å². The van der Waals surface area contributed by atoms with E-state index in [0.717, 1.165) is 25.0 Å². The number of hydrazone groups is 1. The second-order valence-corrected chi connectivity index (χ2v) is 4.01. The summed E-state index contributed by atoms with van der Waals surface area (Å²) in [6.07, 6.45) is 3.13. The molecule has 92 valence electrons. The number of carbonyl (C=O) groups excluding carboxylic acids is 1. The zero-order chi connectivity index (χ0) is 12.7. The summed E-state index contributed by atoms with van der Waals surface area (Å²) in [5.74, 6) is -0.208. The highest BCUT2D eigenvalue weighted by atomic mass is 16.2. The van der Waals surface area contributed by atoms with Gasteiger partial charge in [-0.05, 0) is 44.0 Å². The second kappa shape index (κ2) is 6.68. The van der Waals surface area contributed by atoms with Gasteiger partial charge in [0.1, 0.15) is 0 Å². The van der Waals surface area contributed by atoms with Crippen LogP contribution in [0.2, 0.25) is 0 Å². The number of nitrogens with one attached hydrogen (secondary N) is 1. The van der Waals surface area contributed by atoms with E-state index in [0.29, 0.717) is 11.3 Å². The molecule has 0 aromatic heterocycles. The Balaban J connectivity index is 2.52. The van der Waals surface area contributed by atoms with Gasteiger partial charge in [-0.1, -0.05) is 13.3 Å². The lowest BCUT2D eigenvalue weighted by molar-refractivity contribution is 0.0954. The minimum atomic E-state index is -0.208. The van der Waals surface area contributed by atoms with Gasteiger partial charge in [0.05, 0.1) is 0 Å². The minimum absolute atomic E-state index is 0.208. The first kappa shape index (κ1) is 13.2. The van der Waals surface area contributed by atoms with Gasteiger partial charge in [0.2, 0.25) is 0 Å². The molecule has 1 aromatic rings. The van der Waals surface area contributed by atoms with Crippen LogP contribution in [0.5, 0.6) is 0 Å². The van der Waals surface area contributed by atoms with E-state index >= 15 is 0 Å². The average molecular weight is 233 g/mol. The van der Waals surface area contributed by atoms with E-state index in [4.69, 9.17) is 5.73 Å². The highest BCUT2D eigenvalue weighted by molar-refractivity contribution is 5.95. The lowest BCUT2D eigenvalue weighted by Gasteiger charge is -2.02. The van der Waals surface area contributed by atoms with Crippen LogP contribution in [0, 0.1) is 0 Å². The molecule has 0 fully saturated rings. The molecule has 0 saturated carbocycles. The summed E-state index contributed by atoms with van der Waals surface area (Å²) in [5, 5.41) is 4.05. The van der Waals surface area contributed by atoms with Crippen molar-refractivity contribution in [1.29, 1.82) is 0 Å². The van der Waals surface area contributed by atoms with Gasteiger partial charge in [0.15, 0.2) is 0 Å². The molecule has 0 bridgehead atoms. The molecule has 17 heavy (non-hydrogen) atoms. The summed E-state index contributed by atoms with van der Waals surface area (Å²) in [7, 11) is 0. The van der Waals surface area contributed by atoms with Crippen LogP contribution >= 0.6 is 0 Å². The van der Waals surface area contributed by atoms with Gasteiger partial charge in [-0.3, -0.25) is 4.79 Å². The van der Waals surface area contributed by atoms with Crippen molar-refractivity contribution < 1.29 is 4.79 Å². The number of benzene rings is 1. The Bertz CT molecular complexity index is 396. The fourth-order valence-electron chi connectivity index (χ4n) is 1.33. The molecule has 0 aliphatic rings. The summed E-state index contributed by atoms with van der Waals surface area (Å²) in [6, 6.07) is 6.76. The number of anilines is 1. The van der Waals surface area contributed by atoms with Gasteiger partial charge in [0.25, 0.3) is 5.91 Å². The van der Waals surface area contributed by atoms with Crippen molar-refractivity contribution in [1.82, 2.24) is 5.43 Å². The van der Waals surface area contributed by atoms with Crippen molar-refractivity contribution in [2.24, 2.45) is 5.10 Å². The maximum absolute atomic E-state index is 11.7. The summed E-state index contributed by atoms with van der Waals surface area (Å²) in [4.78, 5) is 11.7. The van der Waals surface area contributed by atoms with Crippen LogP contribution < -0.4 is 11.2 Å². The van der Waals surface area contributed by atoms with Crippen LogP contribution in [-0.2, 0) is 0 Å². The van der Waals surface area contributed by atoms with Gasteiger partial charge in [-0.2, -0.15) is 5.10 Å². The Morgan fingerprint density at radius 3 is 2.59 bits per heavy atom. The fourth-order valence-corrected chi connectivity index (χ4v) is 1.33. The molecule has 4 heteroatoms. The zero-order valence-electron chi connectivity index (χ0n) is 10.4. The molecule has 0 aliphatic heterocycles. The number of amides is 1. The van der Waals surface area contributed by atoms with Crippen molar-refractivity contribution in [3.8, 4) is 0 Å². The van der Waals surface area contributed by atoms with Gasteiger partial charge in [-0.15, -0.1) is 0 Å². The van der Waals surface area contributed by atoms with Gasteiger partial charge in [-0.25, -0.2) is 5.43 Å². The van der Waals surface area contributed by atoms with Crippen LogP contribution in [0.4, 0.5) is 5.69 Å². The van der Waals surface area contributed by atoms with E-state index in [-0.39, 0.29) is 5.91 Å². The normalized spacial score (nSPS) is 11.3. The monoisotopic (exact) mass is 233 g/mol. The van der Waals surface area contributed by atoms with Crippen molar-refractivity contribution in [3.05, 3.63) is 29.8 Å². The number of nitrogens with two attached hydrogens (primary N) is 1. The number of carbonyl (C=O) groups is 1.